The Morgan fingerprint density at radius 3 is 2.79 bits per heavy atom. The topological polar surface area (TPSA) is 73.4 Å². The van der Waals surface area contributed by atoms with E-state index in [0.717, 1.165) is 33.8 Å². The number of pyridine rings is 1. The van der Waals surface area contributed by atoms with E-state index in [1.54, 1.807) is 20.2 Å². The van der Waals surface area contributed by atoms with Gasteiger partial charge in [-0.1, -0.05) is 0 Å². The lowest BCUT2D eigenvalue weighted by atomic mass is 10.0. The number of methoxy groups -OCH3 is 1. The minimum Gasteiger partial charge on any atom is -0.497 e. The summed E-state index contributed by atoms with van der Waals surface area (Å²) in [5.41, 5.74) is 4.41. The van der Waals surface area contributed by atoms with Crippen LogP contribution in [0.2, 0.25) is 0 Å². The monoisotopic (exact) mass is 380 g/mol. The quantitative estimate of drug-likeness (QED) is 0.611. The molecule has 6 nitrogen and oxygen atoms in total. The van der Waals surface area contributed by atoms with Crippen LogP contribution in [0.3, 0.4) is 0 Å². The van der Waals surface area contributed by atoms with Crippen LogP contribution in [0.25, 0.3) is 22.2 Å². The summed E-state index contributed by atoms with van der Waals surface area (Å²) in [6.45, 7) is 4.68. The normalized spacial score (nSPS) is 13.5. The van der Waals surface area contributed by atoms with Crippen molar-refractivity contribution in [2.75, 3.05) is 20.3 Å². The van der Waals surface area contributed by atoms with Crippen LogP contribution in [0.5, 0.6) is 11.5 Å². The number of nitrogens with one attached hydrogen (secondary N) is 1. The number of aromatic amines is 1. The molecule has 0 radical (unpaired) electrons. The lowest BCUT2D eigenvalue weighted by Gasteiger charge is -2.14. The zero-order valence-electron chi connectivity index (χ0n) is 16.4. The highest BCUT2D eigenvalue weighted by Gasteiger charge is 2.24. The molecule has 4 rings (SSSR count). The van der Waals surface area contributed by atoms with E-state index in [1.807, 2.05) is 31.2 Å². The van der Waals surface area contributed by atoms with Crippen molar-refractivity contribution >= 4 is 17.0 Å². The second kappa shape index (κ2) is 7.54. The maximum Gasteiger partial charge on any atom is 0.342 e. The molecule has 1 N–H and O–H groups in total. The maximum absolute atomic E-state index is 12.4. The Morgan fingerprint density at radius 2 is 2.07 bits per heavy atom. The van der Waals surface area contributed by atoms with Crippen molar-refractivity contribution in [1.29, 1.82) is 0 Å². The van der Waals surface area contributed by atoms with Crippen molar-refractivity contribution in [2.45, 2.75) is 26.7 Å². The second-order valence-electron chi connectivity index (χ2n) is 7.04. The predicted molar refractivity (Wildman–Crippen MR) is 107 cm³/mol. The molecule has 0 spiro atoms. The summed E-state index contributed by atoms with van der Waals surface area (Å²) < 4.78 is 16.7. The van der Waals surface area contributed by atoms with Crippen LogP contribution in [-0.2, 0) is 4.74 Å². The molecule has 2 aromatic heterocycles. The van der Waals surface area contributed by atoms with Crippen molar-refractivity contribution in [3.63, 3.8) is 0 Å². The van der Waals surface area contributed by atoms with Gasteiger partial charge >= 0.3 is 5.97 Å². The first-order chi connectivity index (χ1) is 13.6. The number of nitrogens with zero attached hydrogens (tertiary/aromatic N) is 1. The van der Waals surface area contributed by atoms with Crippen LogP contribution in [0.1, 0.15) is 35.8 Å². The van der Waals surface area contributed by atoms with Gasteiger partial charge in [0.05, 0.1) is 25.8 Å². The summed E-state index contributed by atoms with van der Waals surface area (Å²) >= 11 is 0. The van der Waals surface area contributed by atoms with Gasteiger partial charge in [0.25, 0.3) is 0 Å². The summed E-state index contributed by atoms with van der Waals surface area (Å²) in [6, 6.07) is 7.71. The molecule has 1 aromatic carbocycles. The third-order valence-electron chi connectivity index (χ3n) is 5.00. The molecule has 1 aliphatic rings. The van der Waals surface area contributed by atoms with E-state index in [1.165, 1.54) is 12.8 Å². The highest BCUT2D eigenvalue weighted by Crippen LogP contribution is 2.39. The summed E-state index contributed by atoms with van der Waals surface area (Å²) in [7, 11) is 1.64. The van der Waals surface area contributed by atoms with Crippen molar-refractivity contribution < 1.29 is 19.0 Å². The first kappa shape index (κ1) is 18.3. The molecule has 0 amide bonds. The first-order valence-corrected chi connectivity index (χ1v) is 9.58. The van der Waals surface area contributed by atoms with Gasteiger partial charge in [0, 0.05) is 23.0 Å². The number of fused-ring (bicyclic) bond motifs is 1. The fourth-order valence-corrected chi connectivity index (χ4v) is 3.35. The first-order valence-electron chi connectivity index (χ1n) is 9.58. The van der Waals surface area contributed by atoms with Gasteiger partial charge < -0.3 is 19.2 Å². The molecule has 3 aromatic rings. The smallest absolute Gasteiger partial charge is 0.342 e. The fraction of sp³-hybridized carbons (Fsp3) is 0.364. The van der Waals surface area contributed by atoms with E-state index in [4.69, 9.17) is 14.2 Å². The molecule has 1 fully saturated rings. The highest BCUT2D eigenvalue weighted by molar-refractivity contribution is 6.07. The van der Waals surface area contributed by atoms with Crippen molar-refractivity contribution in [3.8, 4) is 22.6 Å². The van der Waals surface area contributed by atoms with Crippen LogP contribution in [-0.4, -0.2) is 36.3 Å². The van der Waals surface area contributed by atoms with E-state index in [0.29, 0.717) is 30.2 Å². The standard InChI is InChI=1S/C22H24N2O4/c1-4-27-22(25)19-13(2)24-20-16(9-10-23-21(19)20)17-11-15(26-3)7-8-18(17)28-12-14-5-6-14/h7-11,14,24H,4-6,12H2,1-3H3. The zero-order valence-corrected chi connectivity index (χ0v) is 16.4. The van der Waals surface area contributed by atoms with Crippen molar-refractivity contribution in [1.82, 2.24) is 9.97 Å². The lowest BCUT2D eigenvalue weighted by Crippen LogP contribution is -2.06. The van der Waals surface area contributed by atoms with Crippen LogP contribution in [0, 0.1) is 12.8 Å². The molecular weight excluding hydrogens is 356 g/mol. The third kappa shape index (κ3) is 3.42. The molecule has 2 heterocycles. The lowest BCUT2D eigenvalue weighted by molar-refractivity contribution is 0.0527. The average molecular weight is 380 g/mol. The van der Waals surface area contributed by atoms with Crippen LogP contribution >= 0.6 is 0 Å². The number of hydrogen-bond donors (Lipinski definition) is 1. The van der Waals surface area contributed by atoms with E-state index in [2.05, 4.69) is 9.97 Å². The summed E-state index contributed by atoms with van der Waals surface area (Å²) in [5.74, 6) is 1.82. The Kier molecular flexibility index (Phi) is 4.94. The van der Waals surface area contributed by atoms with Crippen molar-refractivity contribution in [2.24, 2.45) is 5.92 Å². The van der Waals surface area contributed by atoms with Gasteiger partial charge in [0.1, 0.15) is 22.6 Å². The SMILES string of the molecule is CCOC(=O)c1c(C)[nH]c2c(-c3cc(OC)ccc3OCC3CC3)ccnc12. The highest BCUT2D eigenvalue weighted by atomic mass is 16.5. The number of benzene rings is 1. The number of carbonyl (C=O) groups is 1. The Hall–Kier alpha value is -3.02. The van der Waals surface area contributed by atoms with Gasteiger partial charge in [-0.15, -0.1) is 0 Å². The Balaban J connectivity index is 1.84. The zero-order chi connectivity index (χ0) is 19.7. The minimum atomic E-state index is -0.369. The van der Waals surface area contributed by atoms with Gasteiger partial charge in [-0.2, -0.15) is 0 Å². The average Bonchev–Trinajstić information content (AvgIpc) is 3.46. The van der Waals surface area contributed by atoms with Gasteiger partial charge in [0.2, 0.25) is 0 Å². The van der Waals surface area contributed by atoms with E-state index in [-0.39, 0.29) is 5.97 Å². The molecular formula is C22H24N2O4. The van der Waals surface area contributed by atoms with Gasteiger partial charge in [-0.25, -0.2) is 4.79 Å². The van der Waals surface area contributed by atoms with Gasteiger partial charge in [0.15, 0.2) is 0 Å². The number of carbonyl (C=O) groups excluding carboxylic acids is 1. The summed E-state index contributed by atoms with van der Waals surface area (Å²) in [5, 5.41) is 0. The summed E-state index contributed by atoms with van der Waals surface area (Å²) in [6.07, 6.45) is 4.16. The maximum atomic E-state index is 12.4. The van der Waals surface area contributed by atoms with Gasteiger partial charge in [-0.3, -0.25) is 4.98 Å². The molecule has 146 valence electrons. The molecule has 1 aliphatic carbocycles. The second-order valence-corrected chi connectivity index (χ2v) is 7.04. The molecule has 0 unspecified atom stereocenters. The molecule has 1 saturated carbocycles. The van der Waals surface area contributed by atoms with E-state index in [9.17, 15) is 4.79 Å². The van der Waals surface area contributed by atoms with E-state index < -0.39 is 0 Å². The third-order valence-corrected chi connectivity index (χ3v) is 5.00. The number of H-pyrrole nitrogens is 1. The number of aryl methyl sites for hydroxylation is 1. The molecule has 0 bridgehead atoms. The Bertz CT molecular complexity index is 1020. The molecule has 28 heavy (non-hydrogen) atoms. The van der Waals surface area contributed by atoms with Crippen LogP contribution < -0.4 is 9.47 Å². The Labute approximate surface area is 163 Å². The summed E-state index contributed by atoms with van der Waals surface area (Å²) in [4.78, 5) is 20.2. The number of esters is 1. The molecule has 0 aliphatic heterocycles. The van der Waals surface area contributed by atoms with Crippen molar-refractivity contribution in [3.05, 3.63) is 41.7 Å². The molecule has 0 saturated heterocycles. The van der Waals surface area contributed by atoms with Crippen LogP contribution in [0.4, 0.5) is 0 Å². The minimum absolute atomic E-state index is 0.319. The fourth-order valence-electron chi connectivity index (χ4n) is 3.35. The largest absolute Gasteiger partial charge is 0.497 e. The number of aromatic nitrogens is 2. The van der Waals surface area contributed by atoms with Crippen LogP contribution in [0.15, 0.2) is 30.5 Å². The molecule has 6 heteroatoms. The molecule has 0 atom stereocenters. The van der Waals surface area contributed by atoms with E-state index >= 15 is 0 Å². The number of ether oxygens (including phenoxy) is 3. The number of hydrogen-bond acceptors (Lipinski definition) is 5. The predicted octanol–water partition coefficient (Wildman–Crippen LogP) is 4.51. The van der Waals surface area contributed by atoms with Gasteiger partial charge in [-0.05, 0) is 56.9 Å². The Morgan fingerprint density at radius 1 is 1.25 bits per heavy atom. The number of rotatable bonds is 7.